The fraction of sp³-hybridized carbons (Fsp3) is 0.200. The van der Waals surface area contributed by atoms with Gasteiger partial charge in [0.15, 0.2) is 0 Å². The van der Waals surface area contributed by atoms with Crippen LogP contribution in [0.4, 0.5) is 0 Å². The first-order valence-corrected chi connectivity index (χ1v) is 5.62. The number of hydrogen-bond donors (Lipinski definition) is 1. The lowest BCUT2D eigenvalue weighted by Gasteiger charge is -1.98. The van der Waals surface area contributed by atoms with Gasteiger partial charge in [0.25, 0.3) is 4.80 Å². The molecule has 0 aliphatic rings. The summed E-state index contributed by atoms with van der Waals surface area (Å²) < 4.78 is 2.91. The molecule has 0 atom stereocenters. The molecule has 0 aliphatic carbocycles. The molecule has 0 amide bonds. The van der Waals surface area contributed by atoms with E-state index in [0.717, 1.165) is 11.5 Å². The quantitative estimate of drug-likeness (QED) is 0.626. The average molecular weight is 237 g/mol. The van der Waals surface area contributed by atoms with Gasteiger partial charge < -0.3 is 5.21 Å². The Kier molecular flexibility index (Phi) is 2.91. The molecule has 1 N–H and O–H groups in total. The first-order chi connectivity index (χ1) is 7.77. The van der Waals surface area contributed by atoms with E-state index in [4.69, 9.17) is 5.21 Å². The zero-order valence-electron chi connectivity index (χ0n) is 8.70. The largest absolute Gasteiger partial charge is 0.408 e. The second-order valence-corrected chi connectivity index (χ2v) is 4.11. The summed E-state index contributed by atoms with van der Waals surface area (Å²) in [6, 6.07) is 9.11. The van der Waals surface area contributed by atoms with Crippen molar-refractivity contribution in [3.8, 4) is 5.69 Å². The molecule has 0 saturated carbocycles. The highest BCUT2D eigenvalue weighted by Crippen LogP contribution is 2.02. The molecule has 0 spiro atoms. The zero-order chi connectivity index (χ0) is 11.5. The Bertz CT molecular complexity index is 595. The fourth-order valence-corrected chi connectivity index (χ4v) is 2.22. The number of hydrogen-bond acceptors (Lipinski definition) is 4. The third-order valence-corrected chi connectivity index (χ3v) is 3.24. The topological polar surface area (TPSA) is 59.5 Å². The third-order valence-electron chi connectivity index (χ3n) is 2.17. The number of nitrogens with zero attached hydrogens (tertiary/aromatic N) is 3. The molecule has 84 valence electrons. The number of benzene rings is 1. The summed E-state index contributed by atoms with van der Waals surface area (Å²) in [6.07, 6.45) is 0. The first kappa shape index (κ1) is 10.7. The van der Waals surface area contributed by atoms with Gasteiger partial charge in [-0.15, -0.1) is 0 Å². The van der Waals surface area contributed by atoms with E-state index >= 15 is 0 Å². The van der Waals surface area contributed by atoms with Crippen molar-refractivity contribution in [2.75, 3.05) is 0 Å². The lowest BCUT2D eigenvalue weighted by molar-refractivity contribution is 0.299. The molecule has 0 unspecified atom stereocenters. The van der Waals surface area contributed by atoms with E-state index < -0.39 is 0 Å². The Balaban J connectivity index is 2.75. The molecule has 0 radical (unpaired) electrons. The molecule has 5 nitrogen and oxygen atoms in total. The van der Waals surface area contributed by atoms with Crippen LogP contribution in [0.1, 0.15) is 6.92 Å². The lowest BCUT2D eigenvalue weighted by Crippen LogP contribution is -2.27. The molecular formula is C10H11N3O2S. The van der Waals surface area contributed by atoms with E-state index in [-0.39, 0.29) is 10.5 Å². The van der Waals surface area contributed by atoms with Crippen molar-refractivity contribution in [1.29, 1.82) is 0 Å². The van der Waals surface area contributed by atoms with Gasteiger partial charge in [-0.05, 0) is 30.6 Å². The highest BCUT2D eigenvalue weighted by molar-refractivity contribution is 7.03. The second-order valence-electron chi connectivity index (χ2n) is 3.12. The van der Waals surface area contributed by atoms with Crippen LogP contribution >= 0.6 is 11.5 Å². The van der Waals surface area contributed by atoms with Crippen molar-refractivity contribution in [3.63, 3.8) is 0 Å². The predicted molar refractivity (Wildman–Crippen MR) is 60.9 cm³/mol. The van der Waals surface area contributed by atoms with Gasteiger partial charge in [-0.3, -0.25) is 0 Å². The summed E-state index contributed by atoms with van der Waals surface area (Å²) in [5.74, 6) is 0. The molecule has 1 aromatic carbocycles. The summed E-state index contributed by atoms with van der Waals surface area (Å²) in [5, 5.41) is 12.0. The van der Waals surface area contributed by atoms with Crippen LogP contribution in [-0.4, -0.2) is 13.7 Å². The Hall–Kier alpha value is -1.82. The Morgan fingerprint density at radius 2 is 2.06 bits per heavy atom. The predicted octanol–water partition coefficient (Wildman–Crippen LogP) is 1.01. The highest BCUT2D eigenvalue weighted by Gasteiger charge is 2.09. The van der Waals surface area contributed by atoms with Crippen LogP contribution in [0.2, 0.25) is 0 Å². The number of aromatic nitrogens is 2. The molecule has 6 heteroatoms. The van der Waals surface area contributed by atoms with Crippen LogP contribution in [0, 0.1) is 0 Å². The molecule has 0 saturated heterocycles. The first-order valence-electron chi connectivity index (χ1n) is 4.84. The third kappa shape index (κ3) is 1.67. The zero-order valence-corrected chi connectivity index (χ0v) is 9.52. The fourth-order valence-electron chi connectivity index (χ4n) is 1.43. The molecule has 0 bridgehead atoms. The molecular weight excluding hydrogens is 226 g/mol. The second kappa shape index (κ2) is 4.36. The van der Waals surface area contributed by atoms with Gasteiger partial charge in [-0.2, -0.15) is 0 Å². The van der Waals surface area contributed by atoms with Crippen molar-refractivity contribution < 1.29 is 5.21 Å². The van der Waals surface area contributed by atoms with Crippen LogP contribution in [0.3, 0.4) is 0 Å². The number of aryl methyl sites for hydroxylation is 1. The molecule has 0 fully saturated rings. The van der Waals surface area contributed by atoms with E-state index in [0.29, 0.717) is 12.2 Å². The van der Waals surface area contributed by atoms with Gasteiger partial charge in [0, 0.05) is 6.54 Å². The molecule has 1 aromatic heterocycles. The van der Waals surface area contributed by atoms with Crippen molar-refractivity contribution in [2.24, 2.45) is 5.16 Å². The number of para-hydroxylation sites is 1. The van der Waals surface area contributed by atoms with Crippen LogP contribution in [0.5, 0.6) is 0 Å². The summed E-state index contributed by atoms with van der Waals surface area (Å²) in [7, 11) is 0. The van der Waals surface area contributed by atoms with E-state index in [1.165, 1.54) is 8.52 Å². The van der Waals surface area contributed by atoms with Gasteiger partial charge in [-0.25, -0.2) is 13.3 Å². The van der Waals surface area contributed by atoms with Crippen LogP contribution in [-0.2, 0) is 6.54 Å². The molecule has 2 rings (SSSR count). The van der Waals surface area contributed by atoms with E-state index in [1.807, 2.05) is 25.1 Å². The maximum atomic E-state index is 11.9. The smallest absolute Gasteiger partial charge is 0.344 e. The lowest BCUT2D eigenvalue weighted by atomic mass is 10.3. The Morgan fingerprint density at radius 1 is 1.38 bits per heavy atom. The summed E-state index contributed by atoms with van der Waals surface area (Å²) in [5.41, 5.74) is 0.509. The summed E-state index contributed by atoms with van der Waals surface area (Å²) in [4.78, 5) is 12.2. The molecule has 1 heterocycles. The van der Waals surface area contributed by atoms with E-state index in [2.05, 4.69) is 5.16 Å². The monoisotopic (exact) mass is 237 g/mol. The van der Waals surface area contributed by atoms with Crippen LogP contribution < -0.4 is 10.5 Å². The molecule has 2 aromatic rings. The Labute approximate surface area is 95.7 Å². The number of rotatable bonds is 2. The maximum absolute atomic E-state index is 11.9. The minimum atomic E-state index is -0.188. The van der Waals surface area contributed by atoms with Gasteiger partial charge in [0.05, 0.1) is 5.69 Å². The van der Waals surface area contributed by atoms with Gasteiger partial charge in [0.1, 0.15) is 0 Å². The summed E-state index contributed by atoms with van der Waals surface area (Å²) >= 11 is 1.13. The minimum Gasteiger partial charge on any atom is -0.408 e. The maximum Gasteiger partial charge on any atom is 0.344 e. The van der Waals surface area contributed by atoms with Crippen LogP contribution in [0.15, 0.2) is 40.3 Å². The van der Waals surface area contributed by atoms with Gasteiger partial charge in [0.2, 0.25) is 0 Å². The standard InChI is InChI=1S/C10H11N3O2S/c1-2-12-10(14)13(9(11-15)16-12)8-6-4-3-5-7-8/h3-7,15H,2H2,1H3. The highest BCUT2D eigenvalue weighted by atomic mass is 32.1. The minimum absolute atomic E-state index is 0.188. The van der Waals surface area contributed by atoms with Crippen molar-refractivity contribution in [3.05, 3.63) is 45.6 Å². The molecule has 16 heavy (non-hydrogen) atoms. The van der Waals surface area contributed by atoms with Crippen molar-refractivity contribution in [1.82, 2.24) is 8.52 Å². The van der Waals surface area contributed by atoms with Crippen molar-refractivity contribution in [2.45, 2.75) is 13.5 Å². The van der Waals surface area contributed by atoms with Gasteiger partial charge in [-0.1, -0.05) is 23.4 Å². The SMILES string of the molecule is CCn1sc(=NO)n(-c2ccccc2)c1=O. The van der Waals surface area contributed by atoms with Gasteiger partial charge >= 0.3 is 5.69 Å². The van der Waals surface area contributed by atoms with Crippen molar-refractivity contribution >= 4 is 11.5 Å². The Morgan fingerprint density at radius 3 is 2.62 bits per heavy atom. The normalized spacial score (nSPS) is 11.9. The molecule has 0 aliphatic heterocycles. The average Bonchev–Trinajstić information content (AvgIpc) is 2.66. The van der Waals surface area contributed by atoms with Crippen LogP contribution in [0.25, 0.3) is 5.69 Å². The summed E-state index contributed by atoms with van der Waals surface area (Å²) in [6.45, 7) is 2.43. The van der Waals surface area contributed by atoms with E-state index in [1.54, 1.807) is 12.1 Å². The van der Waals surface area contributed by atoms with E-state index in [9.17, 15) is 4.79 Å².